The summed E-state index contributed by atoms with van der Waals surface area (Å²) in [5.74, 6) is 0.521. The summed E-state index contributed by atoms with van der Waals surface area (Å²) in [4.78, 5) is 0. The van der Waals surface area contributed by atoms with E-state index >= 15 is 0 Å². The molecular weight excluding hydrogens is 286 g/mol. The zero-order valence-corrected chi connectivity index (χ0v) is 13.0. The van der Waals surface area contributed by atoms with Crippen LogP contribution in [0.2, 0.25) is 0 Å². The molecule has 0 bridgehead atoms. The standard InChI is InChI=1S/C18H23N5/c1-2-4-13(5-3-1)17-20-10-15(11-21-17)16-12-22-18(23-16)14-6-8-19-9-7-14/h1-6,8,10,12,14,17-23H,7,9,11H2. The second-order valence-corrected chi connectivity index (χ2v) is 6.17. The van der Waals surface area contributed by atoms with Crippen molar-refractivity contribution in [3.63, 3.8) is 0 Å². The van der Waals surface area contributed by atoms with E-state index in [0.29, 0.717) is 5.92 Å². The molecule has 0 fully saturated rings. The normalized spacial score (nSPS) is 29.5. The summed E-state index contributed by atoms with van der Waals surface area (Å²) in [6.45, 7) is 1.89. The van der Waals surface area contributed by atoms with E-state index in [1.54, 1.807) is 0 Å². The first-order chi connectivity index (χ1) is 11.4. The summed E-state index contributed by atoms with van der Waals surface area (Å²) >= 11 is 0. The van der Waals surface area contributed by atoms with Gasteiger partial charge < -0.3 is 21.3 Å². The van der Waals surface area contributed by atoms with Crippen molar-refractivity contribution in [3.05, 3.63) is 71.8 Å². The minimum atomic E-state index is 0.179. The Morgan fingerprint density at radius 1 is 1.00 bits per heavy atom. The van der Waals surface area contributed by atoms with Crippen molar-refractivity contribution in [2.45, 2.75) is 18.8 Å². The molecule has 0 aromatic heterocycles. The number of benzene rings is 1. The highest BCUT2D eigenvalue weighted by Crippen LogP contribution is 2.21. The van der Waals surface area contributed by atoms with Crippen LogP contribution in [-0.4, -0.2) is 19.3 Å². The smallest absolute Gasteiger partial charge is 0.103 e. The van der Waals surface area contributed by atoms with Crippen LogP contribution < -0.4 is 26.6 Å². The second-order valence-electron chi connectivity index (χ2n) is 6.17. The van der Waals surface area contributed by atoms with Gasteiger partial charge in [-0.2, -0.15) is 0 Å². The molecule has 0 saturated heterocycles. The van der Waals surface area contributed by atoms with Crippen LogP contribution in [-0.2, 0) is 0 Å². The van der Waals surface area contributed by atoms with Crippen molar-refractivity contribution in [2.24, 2.45) is 5.92 Å². The van der Waals surface area contributed by atoms with Crippen LogP contribution in [0.3, 0.4) is 0 Å². The zero-order chi connectivity index (χ0) is 15.5. The fraction of sp³-hybridized carbons (Fsp3) is 0.333. The molecule has 3 aliphatic heterocycles. The fourth-order valence-electron chi connectivity index (χ4n) is 3.28. The fourth-order valence-corrected chi connectivity index (χ4v) is 3.28. The number of nitrogens with one attached hydrogen (secondary N) is 5. The first kappa shape index (κ1) is 14.2. The molecule has 0 amide bonds. The summed E-state index contributed by atoms with van der Waals surface area (Å²) in [5, 5.41) is 17.3. The van der Waals surface area contributed by atoms with E-state index in [2.05, 4.69) is 75.5 Å². The molecule has 3 atom stereocenters. The van der Waals surface area contributed by atoms with Gasteiger partial charge >= 0.3 is 0 Å². The summed E-state index contributed by atoms with van der Waals surface area (Å²) in [6, 6.07) is 10.5. The molecule has 0 aliphatic carbocycles. The van der Waals surface area contributed by atoms with Gasteiger partial charge in [-0.15, -0.1) is 0 Å². The topological polar surface area (TPSA) is 60.1 Å². The molecule has 3 unspecified atom stereocenters. The lowest BCUT2D eigenvalue weighted by atomic mass is 10.00. The van der Waals surface area contributed by atoms with Crippen molar-refractivity contribution >= 4 is 0 Å². The molecular formula is C18H23N5. The third kappa shape index (κ3) is 3.05. The van der Waals surface area contributed by atoms with Gasteiger partial charge in [0.05, 0.1) is 5.70 Å². The zero-order valence-electron chi connectivity index (χ0n) is 13.0. The molecule has 3 heterocycles. The molecule has 1 aromatic carbocycles. The molecule has 5 heteroatoms. The average Bonchev–Trinajstić information content (AvgIpc) is 3.14. The highest BCUT2D eigenvalue weighted by molar-refractivity contribution is 5.35. The summed E-state index contributed by atoms with van der Waals surface area (Å²) in [7, 11) is 0. The molecule has 4 rings (SSSR count). The Kier molecular flexibility index (Phi) is 3.94. The van der Waals surface area contributed by atoms with Crippen LogP contribution >= 0.6 is 0 Å². The van der Waals surface area contributed by atoms with E-state index in [1.165, 1.54) is 16.8 Å². The van der Waals surface area contributed by atoms with Crippen LogP contribution in [0.1, 0.15) is 18.2 Å². The van der Waals surface area contributed by atoms with Crippen LogP contribution in [0.5, 0.6) is 0 Å². The quantitative estimate of drug-likeness (QED) is 0.582. The number of rotatable bonds is 3. The minimum Gasteiger partial charge on any atom is -0.391 e. The maximum absolute atomic E-state index is 3.61. The summed E-state index contributed by atoms with van der Waals surface area (Å²) in [6.07, 6.45) is 10.1. The van der Waals surface area contributed by atoms with E-state index in [-0.39, 0.29) is 12.3 Å². The van der Waals surface area contributed by atoms with Crippen molar-refractivity contribution in [1.29, 1.82) is 0 Å². The van der Waals surface area contributed by atoms with Crippen molar-refractivity contribution in [1.82, 2.24) is 26.6 Å². The Hall–Kier alpha value is -2.40. The molecule has 3 aliphatic rings. The van der Waals surface area contributed by atoms with Crippen molar-refractivity contribution in [3.8, 4) is 0 Å². The van der Waals surface area contributed by atoms with Gasteiger partial charge in [-0.1, -0.05) is 36.4 Å². The van der Waals surface area contributed by atoms with Crippen LogP contribution in [0.4, 0.5) is 0 Å². The van der Waals surface area contributed by atoms with E-state index < -0.39 is 0 Å². The number of hydrogen-bond donors (Lipinski definition) is 5. The van der Waals surface area contributed by atoms with Gasteiger partial charge in [-0.05, 0) is 18.2 Å². The average molecular weight is 309 g/mol. The third-order valence-corrected chi connectivity index (χ3v) is 4.63. The van der Waals surface area contributed by atoms with Crippen molar-refractivity contribution < 1.29 is 0 Å². The SMILES string of the molecule is C1=CC(C2NC=C(C3=CNC(c4ccccc4)NC3)N2)CCN1. The van der Waals surface area contributed by atoms with Crippen LogP contribution in [0, 0.1) is 5.92 Å². The third-order valence-electron chi connectivity index (χ3n) is 4.63. The van der Waals surface area contributed by atoms with Crippen LogP contribution in [0.15, 0.2) is 66.3 Å². The second kappa shape index (κ2) is 6.38. The molecule has 5 nitrogen and oxygen atoms in total. The largest absolute Gasteiger partial charge is 0.391 e. The lowest BCUT2D eigenvalue weighted by Gasteiger charge is -2.28. The molecule has 23 heavy (non-hydrogen) atoms. The Morgan fingerprint density at radius 2 is 1.91 bits per heavy atom. The molecule has 0 spiro atoms. The first-order valence-corrected chi connectivity index (χ1v) is 8.27. The Balaban J connectivity index is 1.37. The lowest BCUT2D eigenvalue weighted by Crippen LogP contribution is -2.43. The maximum Gasteiger partial charge on any atom is 0.103 e. The van der Waals surface area contributed by atoms with Gasteiger partial charge in [-0.3, -0.25) is 5.32 Å². The van der Waals surface area contributed by atoms with Crippen LogP contribution in [0.25, 0.3) is 0 Å². The highest BCUT2D eigenvalue weighted by atomic mass is 15.2. The van der Waals surface area contributed by atoms with Crippen molar-refractivity contribution in [2.75, 3.05) is 13.1 Å². The van der Waals surface area contributed by atoms with E-state index in [4.69, 9.17) is 0 Å². The Bertz CT molecular complexity index is 634. The van der Waals surface area contributed by atoms with E-state index in [9.17, 15) is 0 Å². The number of hydrogen-bond acceptors (Lipinski definition) is 5. The van der Waals surface area contributed by atoms with Gasteiger partial charge in [0.25, 0.3) is 0 Å². The molecule has 1 aromatic rings. The molecule has 0 saturated carbocycles. The Labute approximate surface area is 136 Å². The minimum absolute atomic E-state index is 0.179. The first-order valence-electron chi connectivity index (χ1n) is 8.27. The van der Waals surface area contributed by atoms with E-state index in [1.807, 2.05) is 6.07 Å². The van der Waals surface area contributed by atoms with Gasteiger partial charge in [0.2, 0.25) is 0 Å². The summed E-state index contributed by atoms with van der Waals surface area (Å²) in [5.41, 5.74) is 3.69. The lowest BCUT2D eigenvalue weighted by molar-refractivity contribution is 0.392. The molecule has 0 radical (unpaired) electrons. The predicted molar refractivity (Wildman–Crippen MR) is 91.8 cm³/mol. The van der Waals surface area contributed by atoms with E-state index in [0.717, 1.165) is 19.5 Å². The highest BCUT2D eigenvalue weighted by Gasteiger charge is 2.26. The van der Waals surface area contributed by atoms with Gasteiger partial charge in [0, 0.05) is 37.0 Å². The predicted octanol–water partition coefficient (Wildman–Crippen LogP) is 1.25. The van der Waals surface area contributed by atoms with Gasteiger partial charge in [-0.25, -0.2) is 0 Å². The Morgan fingerprint density at radius 3 is 2.65 bits per heavy atom. The molecule has 5 N–H and O–H groups in total. The van der Waals surface area contributed by atoms with Gasteiger partial charge in [0.1, 0.15) is 12.3 Å². The maximum atomic E-state index is 3.61. The summed E-state index contributed by atoms with van der Waals surface area (Å²) < 4.78 is 0. The monoisotopic (exact) mass is 309 g/mol. The molecule has 120 valence electrons. The van der Waals surface area contributed by atoms with Gasteiger partial charge in [0.15, 0.2) is 0 Å².